The summed E-state index contributed by atoms with van der Waals surface area (Å²) in [5.41, 5.74) is 4.02. The maximum atomic E-state index is 12.1. The van der Waals surface area contributed by atoms with Crippen LogP contribution in [0.15, 0.2) is 53.5 Å². The highest BCUT2D eigenvalue weighted by atomic mass is 28.4. The molecule has 4 rings (SSSR count). The number of nitrogens with zero attached hydrogens (tertiary/aromatic N) is 1. The van der Waals surface area contributed by atoms with Crippen molar-refractivity contribution in [3.8, 4) is 5.75 Å². The molecule has 0 saturated heterocycles. The molecule has 2 aromatic rings. The van der Waals surface area contributed by atoms with Gasteiger partial charge in [0.2, 0.25) is 0 Å². The fourth-order valence-corrected chi connectivity index (χ4v) is 7.67. The molecule has 5 atom stereocenters. The summed E-state index contributed by atoms with van der Waals surface area (Å²) in [4.78, 5) is 16.8. The lowest BCUT2D eigenvalue weighted by molar-refractivity contribution is -0.141. The van der Waals surface area contributed by atoms with Crippen LogP contribution in [0.25, 0.3) is 0 Å². The van der Waals surface area contributed by atoms with Gasteiger partial charge in [0.1, 0.15) is 18.4 Å². The van der Waals surface area contributed by atoms with E-state index in [4.69, 9.17) is 18.9 Å². The molecular weight excluding hydrogens is 526 g/mol. The van der Waals surface area contributed by atoms with E-state index in [2.05, 4.69) is 89.5 Å². The van der Waals surface area contributed by atoms with Crippen LogP contribution in [-0.2, 0) is 27.0 Å². The van der Waals surface area contributed by atoms with Gasteiger partial charge in [-0.25, -0.2) is 4.79 Å². The van der Waals surface area contributed by atoms with Crippen LogP contribution < -0.4 is 4.74 Å². The predicted molar refractivity (Wildman–Crippen MR) is 170 cm³/mol. The Balaban J connectivity index is 1.54. The molecule has 0 aromatic heterocycles. The first-order valence-corrected chi connectivity index (χ1v) is 18.3. The van der Waals surface area contributed by atoms with Crippen molar-refractivity contribution < 1.29 is 18.7 Å². The zero-order valence-corrected chi connectivity index (χ0v) is 27.5. The van der Waals surface area contributed by atoms with Crippen molar-refractivity contribution in [1.29, 1.82) is 0 Å². The molecule has 0 radical (unpaired) electrons. The first kappa shape index (κ1) is 31.5. The van der Waals surface area contributed by atoms with E-state index in [0.29, 0.717) is 24.4 Å². The van der Waals surface area contributed by atoms with Gasteiger partial charge < -0.3 is 13.9 Å². The first-order chi connectivity index (χ1) is 19.3. The van der Waals surface area contributed by atoms with Crippen molar-refractivity contribution in [2.75, 3.05) is 13.7 Å². The zero-order chi connectivity index (χ0) is 29.8. The van der Waals surface area contributed by atoms with E-state index in [0.717, 1.165) is 44.5 Å². The number of esters is 1. The molecule has 0 aliphatic heterocycles. The van der Waals surface area contributed by atoms with Gasteiger partial charge in [-0.15, -0.1) is 0 Å². The SMILES string of the molecule is COC(=O)[C@H](C)N=C[C@@]1(C)CC[C@@H]2c3ccc(OCc4ccccc4)cc3CC[C@H]2[C@@H]1CCO[Si](C)(C)C(C)(C)C. The smallest absolute Gasteiger partial charge is 0.330 e. The standard InChI is InChI=1S/C35H51NO4Si/c1-25(33(37)38-6)36-24-35(5)20-18-30-29-17-15-28(39-23-26-12-10-9-11-13-26)22-27(29)14-16-31(30)32(35)19-21-40-41(7,8)34(2,3)4/h9-13,15,17,22,24-25,30-32H,14,16,18-21,23H2,1-8H3/t25-,30+,31+,32-,35+/m0/s1. The van der Waals surface area contributed by atoms with Crippen molar-refractivity contribution in [3.05, 3.63) is 65.2 Å². The molecule has 1 fully saturated rings. The largest absolute Gasteiger partial charge is 0.489 e. The lowest BCUT2D eigenvalue weighted by Gasteiger charge is -2.51. The van der Waals surface area contributed by atoms with Crippen LogP contribution in [0.5, 0.6) is 5.75 Å². The number of hydrogen-bond donors (Lipinski definition) is 0. The maximum absolute atomic E-state index is 12.1. The lowest BCUT2D eigenvalue weighted by Crippen LogP contribution is -2.46. The topological polar surface area (TPSA) is 57.1 Å². The second-order valence-corrected chi connectivity index (χ2v) is 18.8. The third-order valence-electron chi connectivity index (χ3n) is 10.2. The molecule has 1 saturated carbocycles. The molecular formula is C35H51NO4Si. The van der Waals surface area contributed by atoms with Gasteiger partial charge >= 0.3 is 5.97 Å². The minimum atomic E-state index is -1.84. The van der Waals surface area contributed by atoms with Crippen LogP contribution in [0.3, 0.4) is 0 Å². The van der Waals surface area contributed by atoms with Crippen LogP contribution >= 0.6 is 0 Å². The highest BCUT2D eigenvalue weighted by molar-refractivity contribution is 6.74. The molecule has 2 aliphatic carbocycles. The summed E-state index contributed by atoms with van der Waals surface area (Å²) in [5.74, 6) is 2.18. The Bertz CT molecular complexity index is 1200. The van der Waals surface area contributed by atoms with E-state index in [9.17, 15) is 4.79 Å². The number of fused-ring (bicyclic) bond motifs is 3. The summed E-state index contributed by atoms with van der Waals surface area (Å²) in [6.07, 6.45) is 7.48. The normalized spacial score (nSPS) is 25.3. The molecule has 0 N–H and O–H groups in total. The number of carbonyl (C=O) groups is 1. The van der Waals surface area contributed by atoms with Crippen molar-refractivity contribution in [1.82, 2.24) is 0 Å². The molecule has 0 spiro atoms. The second-order valence-electron chi connectivity index (χ2n) is 14.0. The fraction of sp³-hybridized carbons (Fsp3) is 0.600. The van der Waals surface area contributed by atoms with Gasteiger partial charge in [0.25, 0.3) is 0 Å². The van der Waals surface area contributed by atoms with Crippen LogP contribution in [-0.4, -0.2) is 40.3 Å². The van der Waals surface area contributed by atoms with E-state index in [1.807, 2.05) is 13.0 Å². The van der Waals surface area contributed by atoms with E-state index in [-0.39, 0.29) is 16.4 Å². The third kappa shape index (κ3) is 7.32. The van der Waals surface area contributed by atoms with Crippen LogP contribution in [0.4, 0.5) is 0 Å². The molecule has 0 unspecified atom stereocenters. The number of methoxy groups -OCH3 is 1. The van der Waals surface area contributed by atoms with E-state index < -0.39 is 14.4 Å². The summed E-state index contributed by atoms with van der Waals surface area (Å²) in [6.45, 7) is 17.1. The van der Waals surface area contributed by atoms with E-state index in [1.54, 1.807) is 0 Å². The Morgan fingerprint density at radius 2 is 1.88 bits per heavy atom. The average molecular weight is 578 g/mol. The maximum Gasteiger partial charge on any atom is 0.330 e. The number of ether oxygens (including phenoxy) is 2. The molecule has 5 nitrogen and oxygen atoms in total. The number of rotatable bonds is 10. The number of aliphatic imine (C=N–C) groups is 1. The molecule has 6 heteroatoms. The monoisotopic (exact) mass is 577 g/mol. The fourth-order valence-electron chi connectivity index (χ4n) is 6.61. The summed E-state index contributed by atoms with van der Waals surface area (Å²) in [6, 6.07) is 16.6. The van der Waals surface area contributed by atoms with Crippen molar-refractivity contribution >= 4 is 20.5 Å². The van der Waals surface area contributed by atoms with Gasteiger partial charge in [-0.3, -0.25) is 4.99 Å². The van der Waals surface area contributed by atoms with Crippen molar-refractivity contribution in [2.45, 2.75) is 103 Å². The highest BCUT2D eigenvalue weighted by Gasteiger charge is 2.48. The average Bonchev–Trinajstić information content (AvgIpc) is 2.95. The Labute approximate surface area is 249 Å². The molecule has 0 heterocycles. The minimum absolute atomic E-state index is 0.0868. The number of carbonyl (C=O) groups excluding carboxylic acids is 1. The van der Waals surface area contributed by atoms with Crippen LogP contribution in [0.2, 0.25) is 18.1 Å². The van der Waals surface area contributed by atoms with Crippen molar-refractivity contribution in [3.63, 3.8) is 0 Å². The molecule has 0 amide bonds. The second kappa shape index (κ2) is 12.8. The number of benzene rings is 2. The van der Waals surface area contributed by atoms with Crippen LogP contribution in [0, 0.1) is 17.3 Å². The van der Waals surface area contributed by atoms with Gasteiger partial charge in [0, 0.05) is 18.2 Å². The Hall–Kier alpha value is -2.44. The van der Waals surface area contributed by atoms with E-state index >= 15 is 0 Å². The van der Waals surface area contributed by atoms with Gasteiger partial charge in [0.05, 0.1) is 7.11 Å². The quantitative estimate of drug-likeness (QED) is 0.162. The lowest BCUT2D eigenvalue weighted by atomic mass is 9.54. The zero-order valence-electron chi connectivity index (χ0n) is 26.5. The Morgan fingerprint density at radius 3 is 2.56 bits per heavy atom. The van der Waals surface area contributed by atoms with Gasteiger partial charge in [-0.05, 0) is 104 Å². The number of hydrogen-bond acceptors (Lipinski definition) is 5. The predicted octanol–water partition coefficient (Wildman–Crippen LogP) is 8.37. The third-order valence-corrected chi connectivity index (χ3v) is 14.8. The Kier molecular flexibility index (Phi) is 9.85. The Morgan fingerprint density at radius 1 is 1.15 bits per heavy atom. The van der Waals surface area contributed by atoms with Gasteiger partial charge in [-0.1, -0.05) is 64.1 Å². The van der Waals surface area contributed by atoms with Crippen LogP contribution in [0.1, 0.15) is 82.9 Å². The van der Waals surface area contributed by atoms with Gasteiger partial charge in [0.15, 0.2) is 8.32 Å². The molecule has 0 bridgehead atoms. The van der Waals surface area contributed by atoms with Crippen molar-refractivity contribution in [2.24, 2.45) is 22.2 Å². The molecule has 224 valence electrons. The molecule has 2 aromatic carbocycles. The van der Waals surface area contributed by atoms with E-state index in [1.165, 1.54) is 23.8 Å². The highest BCUT2D eigenvalue weighted by Crippen LogP contribution is 2.55. The van der Waals surface area contributed by atoms with Gasteiger partial charge in [-0.2, -0.15) is 0 Å². The number of aryl methyl sites for hydroxylation is 1. The summed E-state index contributed by atoms with van der Waals surface area (Å²) >= 11 is 0. The first-order valence-electron chi connectivity index (χ1n) is 15.4. The minimum Gasteiger partial charge on any atom is -0.489 e. The summed E-state index contributed by atoms with van der Waals surface area (Å²) in [7, 11) is -0.410. The summed E-state index contributed by atoms with van der Waals surface area (Å²) in [5, 5.41) is 0.187. The summed E-state index contributed by atoms with van der Waals surface area (Å²) < 4.78 is 17.8. The molecule has 41 heavy (non-hydrogen) atoms. The molecule has 2 aliphatic rings.